The van der Waals surface area contributed by atoms with E-state index in [-0.39, 0.29) is 0 Å². The minimum absolute atomic E-state index is 0.317. The van der Waals surface area contributed by atoms with Gasteiger partial charge in [-0.2, -0.15) is 0 Å². The highest BCUT2D eigenvalue weighted by Crippen LogP contribution is 2.01. The van der Waals surface area contributed by atoms with Gasteiger partial charge in [0.25, 0.3) is 6.29 Å². The smallest absolute Gasteiger partial charge is 0.305 e. The van der Waals surface area contributed by atoms with E-state index in [1.165, 1.54) is 26.8 Å². The third-order valence-electron chi connectivity index (χ3n) is 1.15. The van der Waals surface area contributed by atoms with Crippen molar-refractivity contribution >= 4 is 18.2 Å². The number of esters is 2. The van der Waals surface area contributed by atoms with Crippen LogP contribution in [0.25, 0.3) is 0 Å². The largest absolute Gasteiger partial charge is 0.421 e. The third kappa shape index (κ3) is 5.93. The summed E-state index contributed by atoms with van der Waals surface area (Å²) in [6.07, 6.45) is 0.686. The lowest BCUT2D eigenvalue weighted by Crippen LogP contribution is -2.20. The lowest BCUT2D eigenvalue weighted by Gasteiger charge is -2.12. The second-order valence-electron chi connectivity index (χ2n) is 2.62. The van der Waals surface area contributed by atoms with Crippen LogP contribution in [0.3, 0.4) is 0 Å². The molecule has 5 heteroatoms. The maximum Gasteiger partial charge on any atom is 0.305 e. The Bertz CT molecular complexity index is 250. The van der Waals surface area contributed by atoms with Gasteiger partial charge >= 0.3 is 11.9 Å². The Morgan fingerprint density at radius 1 is 1.07 bits per heavy atom. The Morgan fingerprint density at radius 3 is 1.79 bits per heavy atom. The lowest BCUT2D eigenvalue weighted by atomic mass is 10.3. The standard InChI is InChI=1S/C9H12O5/c1-6(5-10)4-9(13-7(2)11)14-8(3)12/h4-5,9H,1-3H3/b6-4+. The topological polar surface area (TPSA) is 69.7 Å². The van der Waals surface area contributed by atoms with Crippen molar-refractivity contribution in [2.75, 3.05) is 0 Å². The van der Waals surface area contributed by atoms with Crippen molar-refractivity contribution in [2.24, 2.45) is 0 Å². The Kier molecular flexibility index (Phi) is 5.21. The lowest BCUT2D eigenvalue weighted by molar-refractivity contribution is -0.176. The van der Waals surface area contributed by atoms with Gasteiger partial charge in [0.1, 0.15) is 6.29 Å². The van der Waals surface area contributed by atoms with Gasteiger partial charge in [0.15, 0.2) is 0 Å². The Morgan fingerprint density at radius 2 is 1.50 bits per heavy atom. The van der Waals surface area contributed by atoms with Crippen LogP contribution in [0.1, 0.15) is 20.8 Å². The maximum absolute atomic E-state index is 10.6. The van der Waals surface area contributed by atoms with Crippen molar-refractivity contribution in [1.29, 1.82) is 0 Å². The molecule has 0 aromatic carbocycles. The number of carbonyl (C=O) groups excluding carboxylic acids is 3. The monoisotopic (exact) mass is 200 g/mol. The predicted octanol–water partition coefficient (Wildman–Crippen LogP) is 0.584. The van der Waals surface area contributed by atoms with E-state index < -0.39 is 18.2 Å². The van der Waals surface area contributed by atoms with E-state index in [4.69, 9.17) is 0 Å². The first-order chi connectivity index (χ1) is 6.45. The molecule has 0 atom stereocenters. The van der Waals surface area contributed by atoms with Gasteiger partial charge in [0.2, 0.25) is 0 Å². The number of carbonyl (C=O) groups is 3. The van der Waals surface area contributed by atoms with E-state index in [0.29, 0.717) is 11.9 Å². The maximum atomic E-state index is 10.6. The molecule has 0 N–H and O–H groups in total. The van der Waals surface area contributed by atoms with Gasteiger partial charge in [-0.15, -0.1) is 0 Å². The van der Waals surface area contributed by atoms with Crippen molar-refractivity contribution in [3.05, 3.63) is 11.6 Å². The fraction of sp³-hybridized carbons (Fsp3) is 0.444. The molecule has 0 aliphatic rings. The highest BCUT2D eigenvalue weighted by molar-refractivity contribution is 5.73. The first kappa shape index (κ1) is 12.3. The fourth-order valence-corrected chi connectivity index (χ4v) is 0.673. The van der Waals surface area contributed by atoms with Crippen LogP contribution in [0.15, 0.2) is 11.6 Å². The fourth-order valence-electron chi connectivity index (χ4n) is 0.673. The van der Waals surface area contributed by atoms with Crippen LogP contribution < -0.4 is 0 Å². The molecule has 0 rings (SSSR count). The Labute approximate surface area is 81.7 Å². The summed E-state index contributed by atoms with van der Waals surface area (Å²) >= 11 is 0. The number of hydrogen-bond acceptors (Lipinski definition) is 5. The van der Waals surface area contributed by atoms with Crippen LogP contribution in [0.2, 0.25) is 0 Å². The number of ether oxygens (including phenoxy) is 2. The van der Waals surface area contributed by atoms with E-state index in [1.54, 1.807) is 0 Å². The van der Waals surface area contributed by atoms with E-state index >= 15 is 0 Å². The second-order valence-corrected chi connectivity index (χ2v) is 2.62. The molecule has 0 saturated heterocycles. The summed E-state index contributed by atoms with van der Waals surface area (Å²) in [5.74, 6) is -1.18. The number of allylic oxidation sites excluding steroid dienone is 1. The molecule has 0 aromatic rings. The molecule has 0 aliphatic carbocycles. The minimum atomic E-state index is -1.13. The highest BCUT2D eigenvalue weighted by Gasteiger charge is 2.11. The summed E-state index contributed by atoms with van der Waals surface area (Å²) in [6.45, 7) is 3.87. The first-order valence-corrected chi connectivity index (χ1v) is 3.93. The second kappa shape index (κ2) is 5.90. The van der Waals surface area contributed by atoms with Crippen LogP contribution in [0.4, 0.5) is 0 Å². The van der Waals surface area contributed by atoms with Gasteiger partial charge in [0.05, 0.1) is 0 Å². The predicted molar refractivity (Wildman–Crippen MR) is 47.1 cm³/mol. The van der Waals surface area contributed by atoms with Crippen LogP contribution >= 0.6 is 0 Å². The molecule has 0 spiro atoms. The average molecular weight is 200 g/mol. The zero-order valence-electron chi connectivity index (χ0n) is 8.27. The number of hydrogen-bond donors (Lipinski definition) is 0. The zero-order chi connectivity index (χ0) is 11.1. The summed E-state index contributed by atoms with van der Waals surface area (Å²) in [7, 11) is 0. The molecule has 0 fully saturated rings. The molecule has 0 unspecified atom stereocenters. The molecule has 0 bridgehead atoms. The highest BCUT2D eigenvalue weighted by atomic mass is 16.7. The summed E-state index contributed by atoms with van der Waals surface area (Å²) < 4.78 is 9.23. The molecule has 78 valence electrons. The molecule has 0 saturated carbocycles. The van der Waals surface area contributed by atoms with Gasteiger partial charge in [-0.3, -0.25) is 14.4 Å². The van der Waals surface area contributed by atoms with Crippen LogP contribution in [-0.4, -0.2) is 24.5 Å². The molecule has 5 nitrogen and oxygen atoms in total. The van der Waals surface area contributed by atoms with E-state index in [1.807, 2.05) is 0 Å². The minimum Gasteiger partial charge on any atom is -0.421 e. The molecule has 0 heterocycles. The van der Waals surface area contributed by atoms with Crippen molar-refractivity contribution in [1.82, 2.24) is 0 Å². The van der Waals surface area contributed by atoms with Crippen LogP contribution in [0.5, 0.6) is 0 Å². The van der Waals surface area contributed by atoms with Gasteiger partial charge < -0.3 is 9.47 Å². The molecule has 0 amide bonds. The molecule has 0 aliphatic heterocycles. The SMILES string of the molecule is CC(=O)OC(/C=C(\C)C=O)OC(C)=O. The number of rotatable bonds is 4. The van der Waals surface area contributed by atoms with Gasteiger partial charge in [0, 0.05) is 19.9 Å². The Hall–Kier alpha value is -1.65. The Balaban J connectivity index is 4.46. The van der Waals surface area contributed by atoms with E-state index in [9.17, 15) is 14.4 Å². The average Bonchev–Trinajstić information content (AvgIpc) is 2.01. The van der Waals surface area contributed by atoms with Gasteiger partial charge in [-0.1, -0.05) is 0 Å². The van der Waals surface area contributed by atoms with Crippen LogP contribution in [0, 0.1) is 0 Å². The number of aldehydes is 1. The van der Waals surface area contributed by atoms with Gasteiger partial charge in [-0.05, 0) is 12.5 Å². The van der Waals surface area contributed by atoms with Gasteiger partial charge in [-0.25, -0.2) is 0 Å². The molecular formula is C9H12O5. The third-order valence-corrected chi connectivity index (χ3v) is 1.15. The molecule has 0 radical (unpaired) electrons. The normalized spacial score (nSPS) is 11.0. The van der Waals surface area contributed by atoms with E-state index in [2.05, 4.69) is 9.47 Å². The van der Waals surface area contributed by atoms with Crippen molar-refractivity contribution in [3.63, 3.8) is 0 Å². The summed E-state index contributed by atoms with van der Waals surface area (Å²) in [4.78, 5) is 31.4. The quantitative estimate of drug-likeness (QED) is 0.287. The molecule has 14 heavy (non-hydrogen) atoms. The summed E-state index contributed by atoms with van der Waals surface area (Å²) in [5.41, 5.74) is 0.317. The molecule has 0 aromatic heterocycles. The first-order valence-electron chi connectivity index (χ1n) is 3.93. The summed E-state index contributed by atoms with van der Waals surface area (Å²) in [5, 5.41) is 0. The zero-order valence-corrected chi connectivity index (χ0v) is 8.27. The van der Waals surface area contributed by atoms with Crippen molar-refractivity contribution in [3.8, 4) is 0 Å². The van der Waals surface area contributed by atoms with Crippen molar-refractivity contribution in [2.45, 2.75) is 27.1 Å². The molecular weight excluding hydrogens is 188 g/mol. The van der Waals surface area contributed by atoms with E-state index in [0.717, 1.165) is 0 Å². The van der Waals surface area contributed by atoms with Crippen molar-refractivity contribution < 1.29 is 23.9 Å². The summed E-state index contributed by atoms with van der Waals surface area (Å²) in [6, 6.07) is 0. The van der Waals surface area contributed by atoms with Crippen LogP contribution in [-0.2, 0) is 23.9 Å².